The summed E-state index contributed by atoms with van der Waals surface area (Å²) in [6.45, 7) is 0. The summed E-state index contributed by atoms with van der Waals surface area (Å²) in [5.74, 6) is 1.47. The lowest BCUT2D eigenvalue weighted by Crippen LogP contribution is -2.02. The van der Waals surface area contributed by atoms with Crippen LogP contribution in [0.2, 0.25) is 0 Å². The molecule has 0 spiro atoms. The van der Waals surface area contributed by atoms with Gasteiger partial charge in [0.25, 0.3) is 0 Å². The number of halogens is 1. The standard InChI is InChI=1S/C16H23ClSi/c17-18-16(13-15-9-5-2-6-10-15)12-11-14-7-3-1-4-8-14/h1-3,5,11-15H,4,6-10,18H2. The maximum Gasteiger partial charge on any atom is 0.155 e. The highest BCUT2D eigenvalue weighted by molar-refractivity contribution is 6.98. The van der Waals surface area contributed by atoms with Crippen LogP contribution < -0.4 is 0 Å². The molecule has 2 unspecified atom stereocenters. The zero-order chi connectivity index (χ0) is 12.6. The van der Waals surface area contributed by atoms with Crippen molar-refractivity contribution in [2.45, 2.75) is 38.5 Å². The lowest BCUT2D eigenvalue weighted by molar-refractivity contribution is 0.580. The first-order chi connectivity index (χ1) is 8.88. The van der Waals surface area contributed by atoms with Crippen LogP contribution in [0.15, 0.2) is 47.7 Å². The predicted octanol–water partition coefficient (Wildman–Crippen LogP) is 4.46. The molecular formula is C16H23ClSi. The molecule has 0 N–H and O–H groups in total. The molecule has 0 amide bonds. The largest absolute Gasteiger partial charge is 0.170 e. The van der Waals surface area contributed by atoms with E-state index in [1.165, 1.54) is 43.7 Å². The topological polar surface area (TPSA) is 0 Å². The molecule has 2 aliphatic carbocycles. The van der Waals surface area contributed by atoms with Crippen LogP contribution in [0.1, 0.15) is 38.5 Å². The van der Waals surface area contributed by atoms with Gasteiger partial charge in [-0.25, -0.2) is 0 Å². The molecule has 0 heterocycles. The minimum Gasteiger partial charge on any atom is -0.170 e. The molecular weight excluding hydrogens is 256 g/mol. The molecule has 0 saturated carbocycles. The molecule has 0 fully saturated rings. The van der Waals surface area contributed by atoms with Gasteiger partial charge in [0.2, 0.25) is 0 Å². The smallest absolute Gasteiger partial charge is 0.155 e. The van der Waals surface area contributed by atoms with Crippen LogP contribution in [0, 0.1) is 11.8 Å². The molecule has 2 heteroatoms. The van der Waals surface area contributed by atoms with E-state index in [1.54, 1.807) is 0 Å². The summed E-state index contributed by atoms with van der Waals surface area (Å²) < 4.78 is 0. The molecule has 0 aliphatic heterocycles. The summed E-state index contributed by atoms with van der Waals surface area (Å²) in [4.78, 5) is 0. The normalized spacial score (nSPS) is 29.7. The Hall–Kier alpha value is -0.533. The third kappa shape index (κ3) is 4.62. The average molecular weight is 279 g/mol. The van der Waals surface area contributed by atoms with Crippen molar-refractivity contribution in [1.82, 2.24) is 0 Å². The van der Waals surface area contributed by atoms with E-state index < -0.39 is 8.83 Å². The highest BCUT2D eigenvalue weighted by Crippen LogP contribution is 2.23. The molecule has 2 aliphatic rings. The Bertz CT molecular complexity index is 365. The van der Waals surface area contributed by atoms with Gasteiger partial charge in [-0.1, -0.05) is 47.7 Å². The first-order valence-corrected chi connectivity index (χ1v) is 9.98. The van der Waals surface area contributed by atoms with Gasteiger partial charge < -0.3 is 0 Å². The van der Waals surface area contributed by atoms with Crippen LogP contribution in [0.4, 0.5) is 0 Å². The Kier molecular flexibility index (Phi) is 6.02. The maximum absolute atomic E-state index is 6.19. The van der Waals surface area contributed by atoms with Crippen molar-refractivity contribution in [3.63, 3.8) is 0 Å². The van der Waals surface area contributed by atoms with Crippen molar-refractivity contribution in [2.24, 2.45) is 11.8 Å². The van der Waals surface area contributed by atoms with E-state index in [9.17, 15) is 0 Å². The molecule has 0 aromatic rings. The predicted molar refractivity (Wildman–Crippen MR) is 84.6 cm³/mol. The van der Waals surface area contributed by atoms with Crippen molar-refractivity contribution in [1.29, 1.82) is 0 Å². The van der Waals surface area contributed by atoms with E-state index in [1.807, 2.05) is 0 Å². The summed E-state index contributed by atoms with van der Waals surface area (Å²) in [6.07, 6.45) is 23.9. The first kappa shape index (κ1) is 13.9. The van der Waals surface area contributed by atoms with Gasteiger partial charge in [0, 0.05) is 0 Å². The lowest BCUT2D eigenvalue weighted by Gasteiger charge is -2.15. The molecule has 0 aromatic carbocycles. The summed E-state index contributed by atoms with van der Waals surface area (Å²) in [7, 11) is -0.559. The molecule has 18 heavy (non-hydrogen) atoms. The summed E-state index contributed by atoms with van der Waals surface area (Å²) >= 11 is 6.19. The fraction of sp³-hybridized carbons (Fsp3) is 0.500. The number of hydrogen-bond donors (Lipinski definition) is 0. The number of hydrogen-bond acceptors (Lipinski definition) is 0. The summed E-state index contributed by atoms with van der Waals surface area (Å²) in [5, 5.41) is 1.44. The Morgan fingerprint density at radius 3 is 2.22 bits per heavy atom. The van der Waals surface area contributed by atoms with Gasteiger partial charge in [0.05, 0.1) is 0 Å². The fourth-order valence-corrected chi connectivity index (χ4v) is 3.85. The molecule has 0 radical (unpaired) electrons. The molecule has 2 atom stereocenters. The van der Waals surface area contributed by atoms with Gasteiger partial charge in [-0.15, -0.1) is 0 Å². The molecule has 2 rings (SSSR count). The molecule has 0 aromatic heterocycles. The van der Waals surface area contributed by atoms with Crippen LogP contribution in [0.5, 0.6) is 0 Å². The van der Waals surface area contributed by atoms with Gasteiger partial charge in [-0.3, -0.25) is 0 Å². The van der Waals surface area contributed by atoms with Crippen LogP contribution in [-0.2, 0) is 0 Å². The zero-order valence-corrected chi connectivity index (χ0v) is 13.2. The summed E-state index contributed by atoms with van der Waals surface area (Å²) in [6, 6.07) is 0. The first-order valence-electron chi connectivity index (χ1n) is 7.13. The Labute approximate surface area is 118 Å². The van der Waals surface area contributed by atoms with Crippen LogP contribution in [0.25, 0.3) is 0 Å². The molecule has 98 valence electrons. The van der Waals surface area contributed by atoms with Gasteiger partial charge >= 0.3 is 0 Å². The Morgan fingerprint density at radius 2 is 1.67 bits per heavy atom. The van der Waals surface area contributed by atoms with Crippen molar-refractivity contribution in [2.75, 3.05) is 0 Å². The maximum atomic E-state index is 6.19. The van der Waals surface area contributed by atoms with E-state index in [0.717, 1.165) is 11.8 Å². The SMILES string of the molecule is Cl[SiH2]C(C=CC1CC=CCC1)=CC1CC=CCC1. The van der Waals surface area contributed by atoms with Crippen molar-refractivity contribution >= 4 is 19.9 Å². The van der Waals surface area contributed by atoms with Crippen molar-refractivity contribution in [3.05, 3.63) is 47.7 Å². The minimum atomic E-state index is -0.559. The zero-order valence-electron chi connectivity index (χ0n) is 11.0. The lowest BCUT2D eigenvalue weighted by atomic mass is 9.93. The van der Waals surface area contributed by atoms with E-state index in [4.69, 9.17) is 11.1 Å². The van der Waals surface area contributed by atoms with E-state index >= 15 is 0 Å². The van der Waals surface area contributed by atoms with Gasteiger partial charge in [0.15, 0.2) is 8.83 Å². The van der Waals surface area contributed by atoms with Crippen molar-refractivity contribution < 1.29 is 0 Å². The fourth-order valence-electron chi connectivity index (χ4n) is 2.67. The van der Waals surface area contributed by atoms with Crippen LogP contribution in [0.3, 0.4) is 0 Å². The van der Waals surface area contributed by atoms with Gasteiger partial charge in [-0.2, -0.15) is 11.1 Å². The van der Waals surface area contributed by atoms with E-state index in [0.29, 0.717) is 0 Å². The molecule has 0 nitrogen and oxygen atoms in total. The number of allylic oxidation sites excluding steroid dienone is 8. The second-order valence-electron chi connectivity index (χ2n) is 5.32. The van der Waals surface area contributed by atoms with Gasteiger partial charge in [-0.05, 0) is 50.4 Å². The monoisotopic (exact) mass is 278 g/mol. The van der Waals surface area contributed by atoms with E-state index in [2.05, 4.69) is 42.5 Å². The Balaban J connectivity index is 1.91. The van der Waals surface area contributed by atoms with E-state index in [-0.39, 0.29) is 0 Å². The second kappa shape index (κ2) is 7.80. The highest BCUT2D eigenvalue weighted by Gasteiger charge is 2.08. The summed E-state index contributed by atoms with van der Waals surface area (Å²) in [5.41, 5.74) is 0. The van der Waals surface area contributed by atoms with Crippen molar-refractivity contribution in [3.8, 4) is 0 Å². The van der Waals surface area contributed by atoms with Crippen LogP contribution in [-0.4, -0.2) is 8.83 Å². The third-order valence-electron chi connectivity index (χ3n) is 3.81. The second-order valence-corrected chi connectivity index (χ2v) is 7.21. The quantitative estimate of drug-likeness (QED) is 0.308. The Morgan fingerprint density at radius 1 is 1.00 bits per heavy atom. The van der Waals surface area contributed by atoms with Gasteiger partial charge in [0.1, 0.15) is 0 Å². The highest BCUT2D eigenvalue weighted by atomic mass is 35.6. The average Bonchev–Trinajstić information content (AvgIpc) is 2.45. The minimum absolute atomic E-state index is 0.559. The van der Waals surface area contributed by atoms with Crippen LogP contribution >= 0.6 is 11.1 Å². The molecule has 0 bridgehead atoms. The third-order valence-corrected chi connectivity index (χ3v) is 5.51. The number of rotatable bonds is 4. The molecule has 0 saturated heterocycles.